The minimum Gasteiger partial charge on any atom is -0.329 e. The first-order chi connectivity index (χ1) is 7.29. The Labute approximate surface area is 99.4 Å². The number of aryl methyl sites for hydroxylation is 1. The third kappa shape index (κ3) is 4.04. The highest BCUT2D eigenvalue weighted by atomic mass is 32.2. The summed E-state index contributed by atoms with van der Waals surface area (Å²) in [5.41, 5.74) is 5.54. The number of thioether (sulfide) groups is 2. The van der Waals surface area contributed by atoms with Gasteiger partial charge in [-0.15, -0.1) is 10.2 Å². The smallest absolute Gasteiger partial charge is 0.191 e. The van der Waals surface area contributed by atoms with Crippen LogP contribution in [0.5, 0.6) is 0 Å². The van der Waals surface area contributed by atoms with Crippen LogP contribution in [0.4, 0.5) is 0 Å². The molecule has 0 radical (unpaired) electrons. The zero-order valence-corrected chi connectivity index (χ0v) is 10.9. The van der Waals surface area contributed by atoms with E-state index in [1.165, 1.54) is 5.75 Å². The summed E-state index contributed by atoms with van der Waals surface area (Å²) in [6.07, 6.45) is 0. The molecule has 0 amide bonds. The first-order valence-corrected chi connectivity index (χ1v) is 7.24. The first-order valence-electron chi connectivity index (χ1n) is 5.10. The molecule has 0 saturated carbocycles. The van der Waals surface area contributed by atoms with Gasteiger partial charge in [-0.3, -0.25) is 0 Å². The molecular formula is C9H18N4S2. The molecule has 0 atom stereocenters. The summed E-state index contributed by atoms with van der Waals surface area (Å²) >= 11 is 3.71. The highest BCUT2D eigenvalue weighted by molar-refractivity contribution is 8.02. The van der Waals surface area contributed by atoms with Gasteiger partial charge in [0.2, 0.25) is 0 Å². The Balaban J connectivity index is 2.45. The van der Waals surface area contributed by atoms with Crippen molar-refractivity contribution in [2.45, 2.75) is 25.5 Å². The van der Waals surface area contributed by atoms with E-state index in [0.717, 1.165) is 29.0 Å². The standard InChI is InChI=1S/C9H18N4S2/c1-3-14-6-7-15-9-12-11-8(2)13(9)5-4-10/h3-7,10H2,1-2H3. The van der Waals surface area contributed by atoms with Crippen molar-refractivity contribution < 1.29 is 0 Å². The molecule has 0 spiro atoms. The van der Waals surface area contributed by atoms with Gasteiger partial charge < -0.3 is 10.3 Å². The van der Waals surface area contributed by atoms with Crippen LogP contribution < -0.4 is 5.73 Å². The van der Waals surface area contributed by atoms with E-state index in [1.54, 1.807) is 11.8 Å². The number of nitrogens with two attached hydrogens (primary N) is 1. The maximum absolute atomic E-state index is 5.54. The molecule has 0 fully saturated rings. The topological polar surface area (TPSA) is 56.7 Å². The van der Waals surface area contributed by atoms with E-state index in [2.05, 4.69) is 21.7 Å². The van der Waals surface area contributed by atoms with E-state index in [-0.39, 0.29) is 0 Å². The fraction of sp³-hybridized carbons (Fsp3) is 0.778. The zero-order valence-electron chi connectivity index (χ0n) is 9.27. The maximum Gasteiger partial charge on any atom is 0.191 e. The second kappa shape index (κ2) is 7.14. The lowest BCUT2D eigenvalue weighted by Crippen LogP contribution is -2.12. The van der Waals surface area contributed by atoms with Crippen LogP contribution in [-0.4, -0.2) is 38.6 Å². The molecule has 6 heteroatoms. The molecule has 0 aliphatic heterocycles. The van der Waals surface area contributed by atoms with Crippen molar-refractivity contribution in [1.29, 1.82) is 0 Å². The minimum atomic E-state index is 0.635. The van der Waals surface area contributed by atoms with Crippen LogP contribution in [0.15, 0.2) is 5.16 Å². The lowest BCUT2D eigenvalue weighted by Gasteiger charge is -2.05. The van der Waals surface area contributed by atoms with Crippen molar-refractivity contribution in [2.24, 2.45) is 5.73 Å². The molecular weight excluding hydrogens is 228 g/mol. The number of hydrogen-bond acceptors (Lipinski definition) is 5. The SMILES string of the molecule is CCSCCSc1nnc(C)n1CCN. The van der Waals surface area contributed by atoms with E-state index in [9.17, 15) is 0 Å². The van der Waals surface area contributed by atoms with Crippen LogP contribution in [0.1, 0.15) is 12.7 Å². The molecule has 15 heavy (non-hydrogen) atoms. The van der Waals surface area contributed by atoms with Gasteiger partial charge in [-0.05, 0) is 12.7 Å². The molecule has 0 aliphatic rings. The van der Waals surface area contributed by atoms with Crippen LogP contribution in [0, 0.1) is 6.92 Å². The molecule has 1 heterocycles. The molecule has 1 rings (SSSR count). The molecule has 0 saturated heterocycles. The summed E-state index contributed by atoms with van der Waals surface area (Å²) in [4.78, 5) is 0. The Hall–Kier alpha value is -0.200. The minimum absolute atomic E-state index is 0.635. The summed E-state index contributed by atoms with van der Waals surface area (Å²) in [6.45, 7) is 5.59. The van der Waals surface area contributed by atoms with Crippen LogP contribution in [0.25, 0.3) is 0 Å². The predicted molar refractivity (Wildman–Crippen MR) is 67.5 cm³/mol. The lowest BCUT2D eigenvalue weighted by molar-refractivity contribution is 0.627. The van der Waals surface area contributed by atoms with E-state index < -0.39 is 0 Å². The van der Waals surface area contributed by atoms with Crippen molar-refractivity contribution in [3.8, 4) is 0 Å². The van der Waals surface area contributed by atoms with Crippen molar-refractivity contribution in [3.63, 3.8) is 0 Å². The fourth-order valence-corrected chi connectivity index (χ4v) is 2.94. The van der Waals surface area contributed by atoms with Gasteiger partial charge >= 0.3 is 0 Å². The molecule has 0 aliphatic carbocycles. The molecule has 86 valence electrons. The fourth-order valence-electron chi connectivity index (χ4n) is 1.19. The molecule has 2 N–H and O–H groups in total. The lowest BCUT2D eigenvalue weighted by atomic mass is 10.6. The quantitative estimate of drug-likeness (QED) is 0.582. The van der Waals surface area contributed by atoms with Crippen LogP contribution in [-0.2, 0) is 6.54 Å². The van der Waals surface area contributed by atoms with E-state index in [1.807, 2.05) is 18.7 Å². The Morgan fingerprint density at radius 2 is 2.13 bits per heavy atom. The van der Waals surface area contributed by atoms with Crippen LogP contribution in [0.2, 0.25) is 0 Å². The van der Waals surface area contributed by atoms with Gasteiger partial charge in [-0.25, -0.2) is 0 Å². The van der Waals surface area contributed by atoms with E-state index in [4.69, 9.17) is 5.73 Å². The summed E-state index contributed by atoms with van der Waals surface area (Å²) in [5, 5.41) is 9.20. The van der Waals surface area contributed by atoms with Gasteiger partial charge in [-0.2, -0.15) is 11.8 Å². The predicted octanol–water partition coefficient (Wildman–Crippen LogP) is 1.39. The summed E-state index contributed by atoms with van der Waals surface area (Å²) < 4.78 is 2.08. The summed E-state index contributed by atoms with van der Waals surface area (Å²) in [6, 6.07) is 0. The zero-order chi connectivity index (χ0) is 11.1. The average molecular weight is 246 g/mol. The van der Waals surface area contributed by atoms with Gasteiger partial charge in [0.15, 0.2) is 5.16 Å². The second-order valence-corrected chi connectivity index (χ2v) is 5.47. The molecule has 0 unspecified atom stereocenters. The maximum atomic E-state index is 5.54. The largest absolute Gasteiger partial charge is 0.329 e. The monoisotopic (exact) mass is 246 g/mol. The Bertz CT molecular complexity index is 288. The van der Waals surface area contributed by atoms with Crippen molar-refractivity contribution in [2.75, 3.05) is 23.8 Å². The van der Waals surface area contributed by atoms with Gasteiger partial charge in [0.25, 0.3) is 0 Å². The highest BCUT2D eigenvalue weighted by Crippen LogP contribution is 2.17. The van der Waals surface area contributed by atoms with Crippen LogP contribution >= 0.6 is 23.5 Å². The van der Waals surface area contributed by atoms with Crippen molar-refractivity contribution >= 4 is 23.5 Å². The normalized spacial score (nSPS) is 10.9. The highest BCUT2D eigenvalue weighted by Gasteiger charge is 2.07. The number of rotatable bonds is 7. The summed E-state index contributed by atoms with van der Waals surface area (Å²) in [5.74, 6) is 4.37. The number of aromatic nitrogens is 3. The third-order valence-electron chi connectivity index (χ3n) is 1.92. The Kier molecular flexibility index (Phi) is 6.12. The first kappa shape index (κ1) is 12.9. The Morgan fingerprint density at radius 3 is 2.80 bits per heavy atom. The molecule has 4 nitrogen and oxygen atoms in total. The molecule has 0 bridgehead atoms. The van der Waals surface area contributed by atoms with Crippen molar-refractivity contribution in [3.05, 3.63) is 5.82 Å². The van der Waals surface area contributed by atoms with E-state index >= 15 is 0 Å². The second-order valence-electron chi connectivity index (χ2n) is 3.02. The van der Waals surface area contributed by atoms with Gasteiger partial charge in [0.05, 0.1) is 0 Å². The van der Waals surface area contributed by atoms with Gasteiger partial charge in [0.1, 0.15) is 5.82 Å². The van der Waals surface area contributed by atoms with Gasteiger partial charge in [0, 0.05) is 24.6 Å². The van der Waals surface area contributed by atoms with E-state index in [0.29, 0.717) is 6.54 Å². The summed E-state index contributed by atoms with van der Waals surface area (Å²) in [7, 11) is 0. The third-order valence-corrected chi connectivity index (χ3v) is 4.05. The van der Waals surface area contributed by atoms with Crippen molar-refractivity contribution in [1.82, 2.24) is 14.8 Å². The molecule has 0 aromatic carbocycles. The Morgan fingerprint density at radius 1 is 1.33 bits per heavy atom. The average Bonchev–Trinajstić information content (AvgIpc) is 2.57. The van der Waals surface area contributed by atoms with Crippen LogP contribution in [0.3, 0.4) is 0 Å². The van der Waals surface area contributed by atoms with Gasteiger partial charge in [-0.1, -0.05) is 18.7 Å². The number of nitrogens with zero attached hydrogens (tertiary/aromatic N) is 3. The molecule has 1 aromatic heterocycles. The number of hydrogen-bond donors (Lipinski definition) is 1. The molecule has 1 aromatic rings.